The molecule has 4 heteroatoms. The summed E-state index contributed by atoms with van der Waals surface area (Å²) in [6, 6.07) is 5.87. The second-order valence-electron chi connectivity index (χ2n) is 3.17. The van der Waals surface area contributed by atoms with Gasteiger partial charge in [0.15, 0.2) is 0 Å². The Morgan fingerprint density at radius 1 is 1.50 bits per heavy atom. The van der Waals surface area contributed by atoms with E-state index in [0.717, 1.165) is 5.69 Å². The summed E-state index contributed by atoms with van der Waals surface area (Å²) in [7, 11) is 1.36. The number of hydrogen-bond donors (Lipinski definition) is 0. The Labute approximate surface area is 81.1 Å². The number of carbonyl (C=O) groups excluding carboxylic acids is 1. The molecule has 0 amide bonds. The van der Waals surface area contributed by atoms with Gasteiger partial charge in [0, 0.05) is 5.69 Å². The molecule has 1 aliphatic rings. The van der Waals surface area contributed by atoms with E-state index >= 15 is 0 Å². The molecule has 0 bridgehead atoms. The number of carbonyl (C=O) groups is 1. The number of hydrogen-bond acceptors (Lipinski definition) is 3. The van der Waals surface area contributed by atoms with Crippen molar-refractivity contribution in [3.8, 4) is 0 Å². The third-order valence-corrected chi connectivity index (χ3v) is 2.24. The van der Waals surface area contributed by atoms with Crippen LogP contribution in [-0.4, -0.2) is 25.7 Å². The molecular weight excluding hydrogens is 185 g/mol. The van der Waals surface area contributed by atoms with Gasteiger partial charge in [0.1, 0.15) is 11.9 Å². The van der Waals surface area contributed by atoms with E-state index in [0.29, 0.717) is 6.54 Å². The van der Waals surface area contributed by atoms with Gasteiger partial charge in [0.2, 0.25) is 0 Å². The Hall–Kier alpha value is -1.58. The monoisotopic (exact) mass is 195 g/mol. The van der Waals surface area contributed by atoms with Gasteiger partial charge in [-0.05, 0) is 24.3 Å². The summed E-state index contributed by atoms with van der Waals surface area (Å²) in [5.41, 5.74) is 0.849. The minimum Gasteiger partial charge on any atom is -0.467 e. The zero-order chi connectivity index (χ0) is 10.1. The number of rotatable bonds is 2. The number of anilines is 1. The molecule has 1 aromatic rings. The van der Waals surface area contributed by atoms with Crippen molar-refractivity contribution in [1.29, 1.82) is 0 Å². The second kappa shape index (κ2) is 3.29. The molecule has 3 nitrogen and oxygen atoms in total. The van der Waals surface area contributed by atoms with Crippen LogP contribution in [-0.2, 0) is 9.53 Å². The third-order valence-electron chi connectivity index (χ3n) is 2.24. The van der Waals surface area contributed by atoms with Gasteiger partial charge in [0.25, 0.3) is 0 Å². The van der Waals surface area contributed by atoms with Crippen LogP contribution >= 0.6 is 0 Å². The Morgan fingerprint density at radius 3 is 2.71 bits per heavy atom. The molecule has 1 aliphatic heterocycles. The van der Waals surface area contributed by atoms with Crippen LogP contribution in [0.4, 0.5) is 10.1 Å². The smallest absolute Gasteiger partial charge is 0.330 e. The predicted octanol–water partition coefficient (Wildman–Crippen LogP) is 1.19. The lowest BCUT2D eigenvalue weighted by Crippen LogP contribution is -2.13. The van der Waals surface area contributed by atoms with Crippen LogP contribution < -0.4 is 4.90 Å². The van der Waals surface area contributed by atoms with Gasteiger partial charge >= 0.3 is 5.97 Å². The first-order valence-electron chi connectivity index (χ1n) is 4.32. The molecular formula is C10H10FNO2. The van der Waals surface area contributed by atoms with Gasteiger partial charge in [0.05, 0.1) is 13.7 Å². The number of halogens is 1. The molecule has 1 atom stereocenters. The van der Waals surface area contributed by atoms with Crippen LogP contribution in [0.5, 0.6) is 0 Å². The summed E-state index contributed by atoms with van der Waals surface area (Å²) in [5, 5.41) is 0. The van der Waals surface area contributed by atoms with E-state index in [9.17, 15) is 9.18 Å². The Kier molecular flexibility index (Phi) is 2.11. The number of nitrogens with zero attached hydrogens (tertiary/aromatic N) is 1. The molecule has 1 aromatic carbocycles. The molecule has 1 saturated heterocycles. The van der Waals surface area contributed by atoms with Gasteiger partial charge in [-0.2, -0.15) is 0 Å². The molecule has 0 spiro atoms. The maximum atomic E-state index is 12.6. The average molecular weight is 195 g/mol. The minimum atomic E-state index is -0.273. The molecule has 0 aromatic heterocycles. The van der Waals surface area contributed by atoms with E-state index in [-0.39, 0.29) is 17.8 Å². The van der Waals surface area contributed by atoms with Crippen LogP contribution in [0.25, 0.3) is 0 Å². The van der Waals surface area contributed by atoms with Crippen LogP contribution in [0.15, 0.2) is 24.3 Å². The van der Waals surface area contributed by atoms with Gasteiger partial charge in [-0.15, -0.1) is 0 Å². The van der Waals surface area contributed by atoms with Gasteiger partial charge in [-0.25, -0.2) is 9.18 Å². The van der Waals surface area contributed by atoms with Crippen LogP contribution in [0.2, 0.25) is 0 Å². The summed E-state index contributed by atoms with van der Waals surface area (Å²) in [4.78, 5) is 12.9. The number of ether oxygens (including phenoxy) is 1. The highest BCUT2D eigenvalue weighted by atomic mass is 19.1. The van der Waals surface area contributed by atoms with Crippen LogP contribution in [0, 0.1) is 5.82 Å². The molecule has 0 radical (unpaired) electrons. The molecule has 0 saturated carbocycles. The summed E-state index contributed by atoms with van der Waals surface area (Å²) in [6.07, 6.45) is 0. The van der Waals surface area contributed by atoms with Crippen molar-refractivity contribution in [3.63, 3.8) is 0 Å². The topological polar surface area (TPSA) is 29.3 Å². The van der Waals surface area contributed by atoms with Crippen LogP contribution in [0.3, 0.4) is 0 Å². The zero-order valence-electron chi connectivity index (χ0n) is 7.74. The lowest BCUT2D eigenvalue weighted by Gasteiger charge is -2.03. The fourth-order valence-electron chi connectivity index (χ4n) is 1.39. The number of methoxy groups -OCH3 is 1. The van der Waals surface area contributed by atoms with Gasteiger partial charge in [-0.3, -0.25) is 0 Å². The van der Waals surface area contributed by atoms with E-state index in [4.69, 9.17) is 0 Å². The molecule has 1 heterocycles. The highest BCUT2D eigenvalue weighted by Gasteiger charge is 2.41. The average Bonchev–Trinajstić information content (AvgIpc) is 2.98. The van der Waals surface area contributed by atoms with E-state index < -0.39 is 0 Å². The van der Waals surface area contributed by atoms with Crippen molar-refractivity contribution in [1.82, 2.24) is 0 Å². The standard InChI is InChI=1S/C10H10FNO2/c1-14-10(13)9-6-12(9)8-4-2-7(11)3-5-8/h2-5,9H,6H2,1H3. The Balaban J connectivity index is 2.06. The summed E-state index contributed by atoms with van der Waals surface area (Å²) in [5.74, 6) is -0.514. The van der Waals surface area contributed by atoms with Crippen molar-refractivity contribution >= 4 is 11.7 Å². The highest BCUT2D eigenvalue weighted by Crippen LogP contribution is 2.28. The Bertz CT molecular complexity index is 350. The van der Waals surface area contributed by atoms with Crippen molar-refractivity contribution in [2.45, 2.75) is 6.04 Å². The first-order valence-corrected chi connectivity index (χ1v) is 4.32. The van der Waals surface area contributed by atoms with E-state index in [1.165, 1.54) is 19.2 Å². The zero-order valence-corrected chi connectivity index (χ0v) is 7.74. The summed E-state index contributed by atoms with van der Waals surface area (Å²) in [6.45, 7) is 0.651. The molecule has 0 N–H and O–H groups in total. The SMILES string of the molecule is COC(=O)C1CN1c1ccc(F)cc1. The van der Waals surface area contributed by atoms with E-state index in [2.05, 4.69) is 4.74 Å². The maximum Gasteiger partial charge on any atom is 0.330 e. The second-order valence-corrected chi connectivity index (χ2v) is 3.17. The van der Waals surface area contributed by atoms with Crippen molar-refractivity contribution in [2.24, 2.45) is 0 Å². The first-order chi connectivity index (χ1) is 6.72. The van der Waals surface area contributed by atoms with Crippen molar-refractivity contribution in [3.05, 3.63) is 30.1 Å². The van der Waals surface area contributed by atoms with Gasteiger partial charge < -0.3 is 9.64 Å². The van der Waals surface area contributed by atoms with Crippen LogP contribution in [0.1, 0.15) is 0 Å². The predicted molar refractivity (Wildman–Crippen MR) is 49.6 cm³/mol. The minimum absolute atomic E-state index is 0.189. The van der Waals surface area contributed by atoms with Crippen molar-refractivity contribution in [2.75, 3.05) is 18.6 Å². The molecule has 1 fully saturated rings. The fraction of sp³-hybridized carbons (Fsp3) is 0.300. The molecule has 1 unspecified atom stereocenters. The number of esters is 1. The molecule has 14 heavy (non-hydrogen) atoms. The molecule has 2 rings (SSSR count). The maximum absolute atomic E-state index is 12.6. The largest absolute Gasteiger partial charge is 0.467 e. The fourth-order valence-corrected chi connectivity index (χ4v) is 1.39. The molecule has 0 aliphatic carbocycles. The number of benzene rings is 1. The van der Waals surface area contributed by atoms with Crippen molar-refractivity contribution < 1.29 is 13.9 Å². The quantitative estimate of drug-likeness (QED) is 0.524. The lowest BCUT2D eigenvalue weighted by molar-refractivity contribution is -0.139. The Morgan fingerprint density at radius 2 is 2.14 bits per heavy atom. The summed E-state index contributed by atoms with van der Waals surface area (Å²) < 4.78 is 17.2. The van der Waals surface area contributed by atoms with Gasteiger partial charge in [-0.1, -0.05) is 0 Å². The third kappa shape index (κ3) is 1.55. The first kappa shape index (κ1) is 8.99. The highest BCUT2D eigenvalue weighted by molar-refractivity contribution is 5.86. The normalized spacial score (nSPS) is 19.3. The summed E-state index contributed by atoms with van der Waals surface area (Å²) >= 11 is 0. The van der Waals surface area contributed by atoms with E-state index in [1.807, 2.05) is 4.90 Å². The molecule has 74 valence electrons. The van der Waals surface area contributed by atoms with E-state index in [1.54, 1.807) is 12.1 Å². The lowest BCUT2D eigenvalue weighted by atomic mass is 10.3.